The predicted octanol–water partition coefficient (Wildman–Crippen LogP) is 5.46. The first-order chi connectivity index (χ1) is 10.8. The van der Waals surface area contributed by atoms with Gasteiger partial charge in [0.25, 0.3) is 0 Å². The fourth-order valence-electron chi connectivity index (χ4n) is 3.02. The van der Waals surface area contributed by atoms with Crippen LogP contribution in [0.4, 0.5) is 0 Å². The topological polar surface area (TPSA) is 20.2 Å². The van der Waals surface area contributed by atoms with Gasteiger partial charge in [-0.1, -0.05) is 73.7 Å². The van der Waals surface area contributed by atoms with E-state index in [1.807, 2.05) is 18.2 Å². The van der Waals surface area contributed by atoms with Crippen LogP contribution in [0.25, 0.3) is 11.1 Å². The van der Waals surface area contributed by atoms with Gasteiger partial charge in [-0.15, -0.1) is 0 Å². The van der Waals surface area contributed by atoms with Crippen molar-refractivity contribution >= 4 is 11.1 Å². The molecule has 0 aromatic heterocycles. The van der Waals surface area contributed by atoms with E-state index in [1.165, 1.54) is 22.3 Å². The molecular formula is C21H20O. The summed E-state index contributed by atoms with van der Waals surface area (Å²) < 4.78 is 0. The molecule has 0 aliphatic heterocycles. The highest BCUT2D eigenvalue weighted by Gasteiger charge is 2.18. The molecule has 1 N–H and O–H groups in total. The number of hydrogen-bond acceptors (Lipinski definition) is 1. The van der Waals surface area contributed by atoms with E-state index in [1.54, 1.807) is 12.1 Å². The average molecular weight is 288 g/mol. The third-order valence-corrected chi connectivity index (χ3v) is 4.06. The van der Waals surface area contributed by atoms with Gasteiger partial charge in [0.05, 0.1) is 0 Å². The van der Waals surface area contributed by atoms with Gasteiger partial charge in [-0.2, -0.15) is 0 Å². The molecule has 0 fully saturated rings. The lowest BCUT2D eigenvalue weighted by molar-refractivity contribution is 0.475. The smallest absolute Gasteiger partial charge is 0.115 e. The lowest BCUT2D eigenvalue weighted by atomic mass is 9.85. The molecule has 1 aliphatic carbocycles. The molecule has 0 heterocycles. The molecule has 0 saturated carbocycles. The monoisotopic (exact) mass is 288 g/mol. The first-order valence-corrected chi connectivity index (χ1v) is 7.72. The molecule has 0 radical (unpaired) electrons. The Balaban J connectivity index is 2.19. The highest BCUT2D eigenvalue weighted by molar-refractivity contribution is 5.93. The Labute approximate surface area is 131 Å². The first kappa shape index (κ1) is 14.4. The van der Waals surface area contributed by atoms with Crippen LogP contribution in [0, 0.1) is 5.92 Å². The van der Waals surface area contributed by atoms with E-state index in [0.717, 1.165) is 6.42 Å². The zero-order valence-corrected chi connectivity index (χ0v) is 12.7. The van der Waals surface area contributed by atoms with Crippen molar-refractivity contribution in [2.45, 2.75) is 13.3 Å². The third-order valence-electron chi connectivity index (χ3n) is 4.06. The van der Waals surface area contributed by atoms with Crippen LogP contribution in [0.3, 0.4) is 0 Å². The SMILES string of the molecule is CC/C(=C(\c1ccc(O)cc1)C1C=CC=C1)c1ccccc1. The minimum absolute atomic E-state index is 0.291. The van der Waals surface area contributed by atoms with E-state index in [9.17, 15) is 5.11 Å². The van der Waals surface area contributed by atoms with Gasteiger partial charge in [0.2, 0.25) is 0 Å². The first-order valence-electron chi connectivity index (χ1n) is 7.72. The van der Waals surface area contributed by atoms with Gasteiger partial charge in [-0.25, -0.2) is 0 Å². The molecule has 0 atom stereocenters. The molecule has 110 valence electrons. The summed E-state index contributed by atoms with van der Waals surface area (Å²) in [5.74, 6) is 0.595. The van der Waals surface area contributed by atoms with Gasteiger partial charge in [-0.3, -0.25) is 0 Å². The summed E-state index contributed by atoms with van der Waals surface area (Å²) in [5.41, 5.74) is 5.10. The maximum atomic E-state index is 9.57. The predicted molar refractivity (Wildman–Crippen MR) is 93.4 cm³/mol. The largest absolute Gasteiger partial charge is 0.508 e. The summed E-state index contributed by atoms with van der Waals surface area (Å²) in [7, 11) is 0. The summed E-state index contributed by atoms with van der Waals surface area (Å²) >= 11 is 0. The second-order valence-corrected chi connectivity index (χ2v) is 5.45. The van der Waals surface area contributed by atoms with Crippen molar-refractivity contribution < 1.29 is 5.11 Å². The van der Waals surface area contributed by atoms with Gasteiger partial charge < -0.3 is 5.11 Å². The van der Waals surface area contributed by atoms with E-state index >= 15 is 0 Å². The number of phenols is 1. The molecule has 0 bridgehead atoms. The minimum atomic E-state index is 0.291. The Bertz CT molecular complexity index is 706. The van der Waals surface area contributed by atoms with Crippen molar-refractivity contribution in [3.8, 4) is 5.75 Å². The Morgan fingerprint density at radius 2 is 1.50 bits per heavy atom. The number of rotatable bonds is 4. The molecule has 0 spiro atoms. The van der Waals surface area contributed by atoms with Crippen molar-refractivity contribution in [1.82, 2.24) is 0 Å². The Kier molecular flexibility index (Phi) is 4.24. The van der Waals surface area contributed by atoms with E-state index in [4.69, 9.17) is 0 Å². The van der Waals surface area contributed by atoms with Gasteiger partial charge >= 0.3 is 0 Å². The maximum Gasteiger partial charge on any atom is 0.115 e. The molecule has 0 amide bonds. The number of hydrogen-bond donors (Lipinski definition) is 1. The number of allylic oxidation sites excluding steroid dienone is 6. The fraction of sp³-hybridized carbons (Fsp3) is 0.143. The van der Waals surface area contributed by atoms with Crippen LogP contribution in [0.1, 0.15) is 24.5 Å². The van der Waals surface area contributed by atoms with Gasteiger partial charge in [0, 0.05) is 5.92 Å². The molecule has 22 heavy (non-hydrogen) atoms. The van der Waals surface area contributed by atoms with E-state index in [-0.39, 0.29) is 0 Å². The second-order valence-electron chi connectivity index (χ2n) is 5.45. The van der Waals surface area contributed by atoms with E-state index < -0.39 is 0 Å². The van der Waals surface area contributed by atoms with Crippen LogP contribution in [-0.2, 0) is 0 Å². The van der Waals surface area contributed by atoms with Gasteiger partial charge in [-0.05, 0) is 40.8 Å². The van der Waals surface area contributed by atoms with Crippen molar-refractivity contribution in [2.24, 2.45) is 5.92 Å². The van der Waals surface area contributed by atoms with Gasteiger partial charge in [0.1, 0.15) is 5.75 Å². The van der Waals surface area contributed by atoms with Crippen LogP contribution in [0.2, 0.25) is 0 Å². The molecular weight excluding hydrogens is 268 g/mol. The van der Waals surface area contributed by atoms with Crippen LogP contribution in [0.15, 0.2) is 78.9 Å². The van der Waals surface area contributed by atoms with Crippen molar-refractivity contribution in [1.29, 1.82) is 0 Å². The zero-order chi connectivity index (χ0) is 15.4. The summed E-state index contributed by atoms with van der Waals surface area (Å²) in [5, 5.41) is 9.57. The molecule has 1 aliphatic rings. The quantitative estimate of drug-likeness (QED) is 0.741. The fourth-order valence-corrected chi connectivity index (χ4v) is 3.02. The highest BCUT2D eigenvalue weighted by atomic mass is 16.3. The number of benzene rings is 2. The summed E-state index contributed by atoms with van der Waals surface area (Å²) in [6, 6.07) is 18.1. The summed E-state index contributed by atoms with van der Waals surface area (Å²) in [4.78, 5) is 0. The molecule has 3 rings (SSSR count). The maximum absolute atomic E-state index is 9.57. The van der Waals surface area contributed by atoms with Crippen molar-refractivity contribution in [3.05, 3.63) is 90.0 Å². The van der Waals surface area contributed by atoms with Crippen LogP contribution in [-0.4, -0.2) is 5.11 Å². The standard InChI is InChI=1S/C21H20O/c1-2-20(16-8-4-3-5-9-16)21(17-10-6-7-11-17)18-12-14-19(22)15-13-18/h3-15,17,22H,2H2,1H3/b21-20+. The Hall–Kier alpha value is -2.54. The summed E-state index contributed by atoms with van der Waals surface area (Å²) in [6.45, 7) is 2.20. The normalized spacial score (nSPS) is 15.1. The van der Waals surface area contributed by atoms with Gasteiger partial charge in [0.15, 0.2) is 0 Å². The minimum Gasteiger partial charge on any atom is -0.508 e. The Morgan fingerprint density at radius 1 is 0.864 bits per heavy atom. The molecule has 2 aromatic carbocycles. The highest BCUT2D eigenvalue weighted by Crippen LogP contribution is 2.37. The lowest BCUT2D eigenvalue weighted by Gasteiger charge is -2.19. The summed E-state index contributed by atoms with van der Waals surface area (Å²) in [6.07, 6.45) is 9.62. The Morgan fingerprint density at radius 3 is 2.09 bits per heavy atom. The van der Waals surface area contributed by atoms with Crippen LogP contribution >= 0.6 is 0 Å². The number of aromatic hydroxyl groups is 1. The lowest BCUT2D eigenvalue weighted by Crippen LogP contribution is -2.00. The van der Waals surface area contributed by atoms with E-state index in [0.29, 0.717) is 11.7 Å². The molecule has 2 aromatic rings. The number of phenolic OH excluding ortho intramolecular Hbond substituents is 1. The van der Waals surface area contributed by atoms with Crippen molar-refractivity contribution in [3.63, 3.8) is 0 Å². The third kappa shape index (κ3) is 2.89. The van der Waals surface area contributed by atoms with E-state index in [2.05, 4.69) is 55.5 Å². The second kappa shape index (κ2) is 6.48. The van der Waals surface area contributed by atoms with Crippen molar-refractivity contribution in [2.75, 3.05) is 0 Å². The average Bonchev–Trinajstić information content (AvgIpc) is 3.08. The zero-order valence-electron chi connectivity index (χ0n) is 12.7. The van der Waals surface area contributed by atoms with Crippen LogP contribution in [0.5, 0.6) is 5.75 Å². The van der Waals surface area contributed by atoms with Crippen LogP contribution < -0.4 is 0 Å². The molecule has 0 saturated heterocycles. The molecule has 1 nitrogen and oxygen atoms in total. The molecule has 0 unspecified atom stereocenters. The molecule has 1 heteroatoms.